The van der Waals surface area contributed by atoms with Gasteiger partial charge in [0.15, 0.2) is 0 Å². The van der Waals surface area contributed by atoms with Crippen molar-refractivity contribution in [3.63, 3.8) is 0 Å². The molecule has 0 unspecified atom stereocenters. The number of piperazine rings is 1. The van der Waals surface area contributed by atoms with E-state index in [4.69, 9.17) is 4.42 Å². The van der Waals surface area contributed by atoms with Crippen LogP contribution in [0.2, 0.25) is 0 Å². The van der Waals surface area contributed by atoms with Crippen LogP contribution >= 0.6 is 11.8 Å². The fraction of sp³-hybridized carbons (Fsp3) is 0.353. The minimum Gasteiger partial charge on any atom is -0.477 e. The maximum atomic E-state index is 11.7. The zero-order valence-corrected chi connectivity index (χ0v) is 16.2. The van der Waals surface area contributed by atoms with Crippen LogP contribution in [-0.2, 0) is 4.79 Å². The number of likely N-dealkylation sites (N-methyl/N-ethyl adjacent to an activating group) is 1. The summed E-state index contributed by atoms with van der Waals surface area (Å²) < 4.78 is 5.23. The molecule has 0 atom stereocenters. The molecule has 0 radical (unpaired) electrons. The number of hydrogen-bond donors (Lipinski definition) is 1. The van der Waals surface area contributed by atoms with E-state index >= 15 is 0 Å². The molecule has 2 aromatic rings. The second-order valence-electron chi connectivity index (χ2n) is 6.29. The van der Waals surface area contributed by atoms with Crippen molar-refractivity contribution in [3.05, 3.63) is 44.7 Å². The molecule has 0 bridgehead atoms. The van der Waals surface area contributed by atoms with Gasteiger partial charge in [0.05, 0.1) is 4.92 Å². The highest BCUT2D eigenvalue weighted by atomic mass is 32.2. The summed E-state index contributed by atoms with van der Waals surface area (Å²) in [6.07, 6.45) is 1.41. The van der Waals surface area contributed by atoms with E-state index in [2.05, 4.69) is 20.0 Å². The number of nitrogens with zero attached hydrogens (tertiary/aromatic N) is 5. The maximum Gasteiger partial charge on any atom is 0.342 e. The fourth-order valence-corrected chi connectivity index (χ4v) is 3.50. The molecular weight excluding hydrogens is 386 g/mol. The Kier molecular flexibility index (Phi) is 5.95. The molecular formula is C17H19N5O5S. The lowest BCUT2D eigenvalue weighted by molar-refractivity contribution is -0.384. The lowest BCUT2D eigenvalue weighted by Crippen LogP contribution is -2.44. The summed E-state index contributed by atoms with van der Waals surface area (Å²) in [6, 6.07) is 4.48. The van der Waals surface area contributed by atoms with Crippen LogP contribution < -0.4 is 4.90 Å². The Morgan fingerprint density at radius 2 is 2.04 bits per heavy atom. The molecule has 3 rings (SSSR count). The van der Waals surface area contributed by atoms with Crippen molar-refractivity contribution in [1.29, 1.82) is 0 Å². The number of carbonyl (C=O) groups is 1. The summed E-state index contributed by atoms with van der Waals surface area (Å²) in [5.41, 5.74) is 1.10. The van der Waals surface area contributed by atoms with Crippen LogP contribution in [0.5, 0.6) is 0 Å². The molecule has 0 spiro atoms. The van der Waals surface area contributed by atoms with Crippen LogP contribution in [0.25, 0.3) is 6.08 Å². The summed E-state index contributed by atoms with van der Waals surface area (Å²) in [5, 5.41) is 28.4. The van der Waals surface area contributed by atoms with Crippen molar-refractivity contribution in [3.8, 4) is 0 Å². The van der Waals surface area contributed by atoms with Crippen molar-refractivity contribution in [2.24, 2.45) is 0 Å². The predicted molar refractivity (Wildman–Crippen MR) is 103 cm³/mol. The van der Waals surface area contributed by atoms with Gasteiger partial charge in [0.25, 0.3) is 10.9 Å². The number of non-ortho nitro benzene ring substituents is 1. The largest absolute Gasteiger partial charge is 0.477 e. The van der Waals surface area contributed by atoms with Gasteiger partial charge in [-0.2, -0.15) is 0 Å². The number of aryl methyl sites for hydroxylation is 1. The molecule has 1 aromatic carbocycles. The first-order valence-corrected chi connectivity index (χ1v) is 9.30. The summed E-state index contributed by atoms with van der Waals surface area (Å²) >= 11 is 0.807. The lowest BCUT2D eigenvalue weighted by Gasteiger charge is -2.34. The highest BCUT2D eigenvalue weighted by Crippen LogP contribution is 2.33. The van der Waals surface area contributed by atoms with Crippen LogP contribution in [-0.4, -0.2) is 64.3 Å². The highest BCUT2D eigenvalue weighted by molar-refractivity contribution is 8.03. The molecule has 0 aliphatic carbocycles. The topological polar surface area (TPSA) is 126 Å². The van der Waals surface area contributed by atoms with E-state index in [-0.39, 0.29) is 15.8 Å². The first kappa shape index (κ1) is 19.8. The molecule has 1 aliphatic rings. The van der Waals surface area contributed by atoms with Crippen LogP contribution in [0.3, 0.4) is 0 Å². The molecule has 148 valence electrons. The third-order valence-corrected chi connectivity index (χ3v) is 5.12. The molecule has 1 N–H and O–H groups in total. The van der Waals surface area contributed by atoms with Crippen molar-refractivity contribution < 1.29 is 19.2 Å². The number of nitro groups is 1. The zero-order chi connectivity index (χ0) is 20.3. The molecule has 28 heavy (non-hydrogen) atoms. The van der Waals surface area contributed by atoms with Crippen LogP contribution in [0.1, 0.15) is 11.5 Å². The Bertz CT molecular complexity index is 920. The number of hydrogen-bond acceptors (Lipinski definition) is 9. The second-order valence-corrected chi connectivity index (χ2v) is 7.29. The van der Waals surface area contributed by atoms with E-state index in [1.165, 1.54) is 18.2 Å². The normalized spacial score (nSPS) is 15.6. The molecule has 1 fully saturated rings. The number of anilines is 1. The van der Waals surface area contributed by atoms with E-state index in [1.54, 1.807) is 13.0 Å². The van der Waals surface area contributed by atoms with Crippen LogP contribution in [0, 0.1) is 17.0 Å². The number of thioether (sulfide) groups is 1. The zero-order valence-electron chi connectivity index (χ0n) is 15.4. The van der Waals surface area contributed by atoms with E-state index < -0.39 is 10.9 Å². The molecule has 11 heteroatoms. The Hall–Kier alpha value is -2.92. The van der Waals surface area contributed by atoms with E-state index in [0.29, 0.717) is 11.5 Å². The van der Waals surface area contributed by atoms with Crippen LogP contribution in [0.15, 0.2) is 32.7 Å². The number of aliphatic carboxylic acids is 1. The average molecular weight is 405 g/mol. The van der Waals surface area contributed by atoms with Gasteiger partial charge in [0.2, 0.25) is 5.89 Å². The molecule has 1 aromatic heterocycles. The van der Waals surface area contributed by atoms with E-state index in [1.807, 2.05) is 7.05 Å². The van der Waals surface area contributed by atoms with Crippen molar-refractivity contribution in [1.82, 2.24) is 15.1 Å². The Labute approximate surface area is 165 Å². The van der Waals surface area contributed by atoms with Gasteiger partial charge in [-0.15, -0.1) is 10.2 Å². The SMILES string of the molecule is Cc1nnc(S/C(=C/c2cc([N+](=O)[O-])ccc2N2CCN(C)CC2)C(=O)O)o1. The van der Waals surface area contributed by atoms with Crippen molar-refractivity contribution in [2.45, 2.75) is 12.1 Å². The maximum absolute atomic E-state index is 11.7. The molecule has 10 nitrogen and oxygen atoms in total. The highest BCUT2D eigenvalue weighted by Gasteiger charge is 2.21. The Morgan fingerprint density at radius 3 is 2.61 bits per heavy atom. The number of nitro benzene ring substituents is 1. The fourth-order valence-electron chi connectivity index (χ4n) is 2.80. The van der Waals surface area contributed by atoms with Gasteiger partial charge in [0.1, 0.15) is 4.91 Å². The molecule has 1 saturated heterocycles. The molecule has 1 aliphatic heterocycles. The number of carboxylic acids is 1. The van der Waals surface area contributed by atoms with E-state index in [9.17, 15) is 20.0 Å². The average Bonchev–Trinajstić information content (AvgIpc) is 3.06. The first-order valence-electron chi connectivity index (χ1n) is 8.48. The van der Waals surface area contributed by atoms with Gasteiger partial charge in [-0.25, -0.2) is 4.79 Å². The quantitative estimate of drug-likeness (QED) is 0.331. The van der Waals surface area contributed by atoms with Gasteiger partial charge < -0.3 is 19.3 Å². The van der Waals surface area contributed by atoms with Gasteiger partial charge in [-0.3, -0.25) is 10.1 Å². The summed E-state index contributed by atoms with van der Waals surface area (Å²) in [6.45, 7) is 4.79. The molecule has 0 saturated carbocycles. The monoisotopic (exact) mass is 405 g/mol. The predicted octanol–water partition coefficient (Wildman–Crippen LogP) is 2.26. The summed E-state index contributed by atoms with van der Waals surface area (Å²) in [4.78, 5) is 26.7. The number of benzene rings is 1. The second kappa shape index (κ2) is 8.40. The van der Waals surface area contributed by atoms with Gasteiger partial charge in [0, 0.05) is 56.5 Å². The molecule has 0 amide bonds. The van der Waals surface area contributed by atoms with Gasteiger partial charge >= 0.3 is 5.97 Å². The Balaban J connectivity index is 2.00. The lowest BCUT2D eigenvalue weighted by atomic mass is 10.1. The van der Waals surface area contributed by atoms with Gasteiger partial charge in [-0.1, -0.05) is 0 Å². The minimum atomic E-state index is -1.18. The smallest absolute Gasteiger partial charge is 0.342 e. The number of rotatable bonds is 6. The number of carboxylic acid groups (broad SMARTS) is 1. The third-order valence-electron chi connectivity index (χ3n) is 4.27. The van der Waals surface area contributed by atoms with Crippen molar-refractivity contribution in [2.75, 3.05) is 38.1 Å². The molecule has 2 heterocycles. The third kappa shape index (κ3) is 4.67. The van der Waals surface area contributed by atoms with E-state index in [0.717, 1.165) is 43.6 Å². The first-order chi connectivity index (χ1) is 13.3. The van der Waals surface area contributed by atoms with Gasteiger partial charge in [-0.05, 0) is 31.0 Å². The number of aromatic nitrogens is 2. The Morgan fingerprint density at radius 1 is 1.32 bits per heavy atom. The summed E-state index contributed by atoms with van der Waals surface area (Å²) in [5.74, 6) is -0.864. The minimum absolute atomic E-state index is 0.0699. The summed E-state index contributed by atoms with van der Waals surface area (Å²) in [7, 11) is 2.03. The standard InChI is InChI=1S/C17H19N5O5S/c1-11-18-19-17(27-11)28-15(16(23)24)10-12-9-13(22(25)26)3-4-14(12)21-7-5-20(2)6-8-21/h3-4,9-10H,5-8H2,1-2H3,(H,23,24)/b15-10+. The van der Waals surface area contributed by atoms with Crippen LogP contribution in [0.4, 0.5) is 11.4 Å². The van der Waals surface area contributed by atoms with Crippen molar-refractivity contribution >= 4 is 35.2 Å².